The van der Waals surface area contributed by atoms with Crippen LogP contribution in [0.4, 0.5) is 5.69 Å². The second-order valence-corrected chi connectivity index (χ2v) is 5.25. The maximum atomic E-state index is 12.0. The highest BCUT2D eigenvalue weighted by Gasteiger charge is 2.29. The van der Waals surface area contributed by atoms with Crippen molar-refractivity contribution in [3.8, 4) is 5.69 Å². The number of aromatic nitrogens is 2. The molecule has 1 fully saturated rings. The monoisotopic (exact) mass is 293 g/mol. The Morgan fingerprint density at radius 3 is 2.82 bits per heavy atom. The molecule has 3 N–H and O–H groups in total. The van der Waals surface area contributed by atoms with Crippen molar-refractivity contribution in [2.24, 2.45) is 0 Å². The Morgan fingerprint density at radius 1 is 1.41 bits per heavy atom. The molecule has 88 valence electrons. The van der Waals surface area contributed by atoms with Gasteiger partial charge in [0.25, 0.3) is 5.56 Å². The van der Waals surface area contributed by atoms with E-state index in [1.54, 1.807) is 0 Å². The van der Waals surface area contributed by atoms with E-state index in [1.165, 1.54) is 4.68 Å². The van der Waals surface area contributed by atoms with Crippen LogP contribution in [0.1, 0.15) is 24.5 Å². The first-order valence-corrected chi connectivity index (χ1v) is 6.32. The van der Waals surface area contributed by atoms with Crippen LogP contribution in [0, 0.1) is 0 Å². The van der Waals surface area contributed by atoms with Crippen LogP contribution >= 0.6 is 15.9 Å². The fraction of sp³-hybridized carbons (Fsp3) is 0.250. The zero-order valence-corrected chi connectivity index (χ0v) is 10.7. The van der Waals surface area contributed by atoms with E-state index < -0.39 is 0 Å². The molecule has 1 heterocycles. The fourth-order valence-corrected chi connectivity index (χ4v) is 2.33. The number of nitrogens with zero attached hydrogens (tertiary/aromatic N) is 1. The van der Waals surface area contributed by atoms with Gasteiger partial charge in [0.1, 0.15) is 5.69 Å². The molecule has 1 aliphatic carbocycles. The molecular weight excluding hydrogens is 282 g/mol. The third kappa shape index (κ3) is 1.80. The van der Waals surface area contributed by atoms with Gasteiger partial charge in [0.05, 0.1) is 11.4 Å². The molecule has 1 saturated carbocycles. The van der Waals surface area contributed by atoms with Gasteiger partial charge in [0.15, 0.2) is 0 Å². The lowest BCUT2D eigenvalue weighted by Crippen LogP contribution is -2.16. The predicted molar refractivity (Wildman–Crippen MR) is 70.5 cm³/mol. The summed E-state index contributed by atoms with van der Waals surface area (Å²) >= 11 is 3.39. The molecule has 0 aliphatic heterocycles. The molecule has 2 aromatic rings. The van der Waals surface area contributed by atoms with Crippen LogP contribution in [0.2, 0.25) is 0 Å². The largest absolute Gasteiger partial charge is 0.393 e. The van der Waals surface area contributed by atoms with E-state index in [4.69, 9.17) is 5.73 Å². The van der Waals surface area contributed by atoms with Crippen LogP contribution in [0.15, 0.2) is 33.5 Å². The summed E-state index contributed by atoms with van der Waals surface area (Å²) in [6, 6.07) is 7.56. The Kier molecular flexibility index (Phi) is 2.36. The number of H-pyrrole nitrogens is 1. The molecule has 0 atom stereocenters. The molecule has 1 aromatic heterocycles. The van der Waals surface area contributed by atoms with Crippen LogP contribution in [-0.4, -0.2) is 9.78 Å². The molecule has 1 aliphatic rings. The molecule has 0 unspecified atom stereocenters. The first-order valence-electron chi connectivity index (χ1n) is 5.53. The highest BCUT2D eigenvalue weighted by Crippen LogP contribution is 2.40. The van der Waals surface area contributed by atoms with Gasteiger partial charge in [-0.25, -0.2) is 4.68 Å². The zero-order valence-electron chi connectivity index (χ0n) is 9.11. The van der Waals surface area contributed by atoms with E-state index in [2.05, 4.69) is 21.0 Å². The smallest absolute Gasteiger partial charge is 0.294 e. The Hall–Kier alpha value is -1.49. The van der Waals surface area contributed by atoms with Crippen LogP contribution in [-0.2, 0) is 0 Å². The average Bonchev–Trinajstić information content (AvgIpc) is 3.09. The van der Waals surface area contributed by atoms with Gasteiger partial charge in [-0.2, -0.15) is 0 Å². The van der Waals surface area contributed by atoms with E-state index in [1.807, 2.05) is 24.3 Å². The molecule has 3 rings (SSSR count). The van der Waals surface area contributed by atoms with Gasteiger partial charge in [-0.1, -0.05) is 22.0 Å². The Bertz CT molecular complexity index is 625. The molecule has 0 saturated heterocycles. The van der Waals surface area contributed by atoms with Gasteiger partial charge in [-0.3, -0.25) is 9.89 Å². The predicted octanol–water partition coefficient (Wildman–Crippen LogP) is 2.39. The van der Waals surface area contributed by atoms with Crippen LogP contribution in [0.3, 0.4) is 0 Å². The molecule has 0 spiro atoms. The van der Waals surface area contributed by atoms with E-state index >= 15 is 0 Å². The summed E-state index contributed by atoms with van der Waals surface area (Å²) in [6.45, 7) is 0. The van der Waals surface area contributed by atoms with Crippen molar-refractivity contribution in [1.82, 2.24) is 9.78 Å². The Balaban J connectivity index is 2.15. The summed E-state index contributed by atoms with van der Waals surface area (Å²) in [6.07, 6.45) is 2.23. The molecule has 4 nitrogen and oxygen atoms in total. The van der Waals surface area contributed by atoms with Gasteiger partial charge in [-0.05, 0) is 31.0 Å². The standard InChI is InChI=1S/C12H12BrN3O/c13-8-2-1-3-9(6-8)16-12(17)10(14)11(15-16)7-4-5-7/h1-3,6-7,15H,4-5,14H2. The molecular formula is C12H12BrN3O. The lowest BCUT2D eigenvalue weighted by molar-refractivity contribution is 0.815. The van der Waals surface area contributed by atoms with E-state index in [9.17, 15) is 4.79 Å². The fourth-order valence-electron chi connectivity index (χ4n) is 1.95. The van der Waals surface area contributed by atoms with Gasteiger partial charge in [0, 0.05) is 10.4 Å². The molecule has 5 heteroatoms. The van der Waals surface area contributed by atoms with E-state index in [0.29, 0.717) is 11.6 Å². The van der Waals surface area contributed by atoms with Crippen molar-refractivity contribution in [2.75, 3.05) is 5.73 Å². The number of hydrogen-bond donors (Lipinski definition) is 2. The number of aromatic amines is 1. The minimum Gasteiger partial charge on any atom is -0.393 e. The number of nitrogens with one attached hydrogen (secondary N) is 1. The summed E-state index contributed by atoms with van der Waals surface area (Å²) in [4.78, 5) is 12.0. The zero-order chi connectivity index (χ0) is 12.0. The van der Waals surface area contributed by atoms with E-state index in [-0.39, 0.29) is 5.56 Å². The minimum absolute atomic E-state index is 0.162. The van der Waals surface area contributed by atoms with Crippen molar-refractivity contribution in [3.05, 3.63) is 44.8 Å². The Morgan fingerprint density at radius 2 is 2.18 bits per heavy atom. The summed E-state index contributed by atoms with van der Waals surface area (Å²) < 4.78 is 2.44. The van der Waals surface area contributed by atoms with Crippen LogP contribution in [0.5, 0.6) is 0 Å². The van der Waals surface area contributed by atoms with Crippen LogP contribution in [0.25, 0.3) is 5.69 Å². The minimum atomic E-state index is -0.162. The van der Waals surface area contributed by atoms with Gasteiger partial charge >= 0.3 is 0 Å². The van der Waals surface area contributed by atoms with Gasteiger partial charge in [0.2, 0.25) is 0 Å². The normalized spacial score (nSPS) is 15.1. The number of halogens is 1. The second kappa shape index (κ2) is 3.77. The number of rotatable bonds is 2. The third-order valence-corrected chi connectivity index (χ3v) is 3.50. The number of nitrogens with two attached hydrogens (primary N) is 1. The lowest BCUT2D eigenvalue weighted by atomic mass is 10.3. The highest BCUT2D eigenvalue weighted by atomic mass is 79.9. The molecule has 1 aromatic carbocycles. The maximum Gasteiger partial charge on any atom is 0.294 e. The van der Waals surface area contributed by atoms with Gasteiger partial charge < -0.3 is 5.73 Å². The summed E-state index contributed by atoms with van der Waals surface area (Å²) in [5.74, 6) is 0.441. The first kappa shape index (κ1) is 10.7. The van der Waals surface area contributed by atoms with Crippen molar-refractivity contribution in [1.29, 1.82) is 0 Å². The summed E-state index contributed by atoms with van der Waals surface area (Å²) in [5.41, 5.74) is 7.71. The topological polar surface area (TPSA) is 63.8 Å². The quantitative estimate of drug-likeness (QED) is 0.893. The van der Waals surface area contributed by atoms with E-state index in [0.717, 1.165) is 28.7 Å². The maximum absolute atomic E-state index is 12.0. The molecule has 0 amide bonds. The number of benzene rings is 1. The number of hydrogen-bond acceptors (Lipinski definition) is 2. The number of anilines is 1. The van der Waals surface area contributed by atoms with Crippen molar-refractivity contribution >= 4 is 21.6 Å². The molecule has 0 radical (unpaired) electrons. The second-order valence-electron chi connectivity index (χ2n) is 4.33. The Labute approximate surface area is 107 Å². The van der Waals surface area contributed by atoms with Gasteiger partial charge in [-0.15, -0.1) is 0 Å². The summed E-state index contributed by atoms with van der Waals surface area (Å²) in [5, 5.41) is 3.11. The number of nitrogen functional groups attached to an aromatic ring is 1. The lowest BCUT2D eigenvalue weighted by Gasteiger charge is -2.01. The SMILES string of the molecule is Nc1c(C2CC2)[nH]n(-c2cccc(Br)c2)c1=O. The summed E-state index contributed by atoms with van der Waals surface area (Å²) in [7, 11) is 0. The van der Waals surface area contributed by atoms with Crippen LogP contribution < -0.4 is 11.3 Å². The van der Waals surface area contributed by atoms with Crippen molar-refractivity contribution in [2.45, 2.75) is 18.8 Å². The molecule has 0 bridgehead atoms. The highest BCUT2D eigenvalue weighted by molar-refractivity contribution is 9.10. The average molecular weight is 294 g/mol. The first-order chi connectivity index (χ1) is 8.16. The van der Waals surface area contributed by atoms with Crippen molar-refractivity contribution < 1.29 is 0 Å². The van der Waals surface area contributed by atoms with Crippen molar-refractivity contribution in [3.63, 3.8) is 0 Å². The molecule has 17 heavy (non-hydrogen) atoms. The third-order valence-electron chi connectivity index (χ3n) is 3.01.